The summed E-state index contributed by atoms with van der Waals surface area (Å²) in [5.41, 5.74) is 11.1. The Hall–Kier alpha value is -4.55. The first-order valence-electron chi connectivity index (χ1n) is 13.2. The van der Waals surface area contributed by atoms with Crippen LogP contribution in [0.5, 0.6) is 0 Å². The fourth-order valence-corrected chi connectivity index (χ4v) is 4.60. The Labute approximate surface area is 238 Å². The van der Waals surface area contributed by atoms with Gasteiger partial charge in [-0.1, -0.05) is 36.4 Å². The molecule has 1 saturated carbocycles. The lowest BCUT2D eigenvalue weighted by Crippen LogP contribution is -2.26. The lowest BCUT2D eigenvalue weighted by atomic mass is 9.96. The number of benzene rings is 3. The van der Waals surface area contributed by atoms with Gasteiger partial charge in [0.1, 0.15) is 5.69 Å². The van der Waals surface area contributed by atoms with Crippen molar-refractivity contribution >= 4 is 17.5 Å². The van der Waals surface area contributed by atoms with Crippen LogP contribution in [0.15, 0.2) is 72.8 Å². The molecule has 0 unspecified atom stereocenters. The lowest BCUT2D eigenvalue weighted by Gasteiger charge is -2.22. The summed E-state index contributed by atoms with van der Waals surface area (Å²) in [5.74, 6) is -1.88. The van der Waals surface area contributed by atoms with Crippen LogP contribution in [0.25, 0.3) is 5.69 Å². The van der Waals surface area contributed by atoms with Gasteiger partial charge in [0.25, 0.3) is 5.91 Å². The summed E-state index contributed by atoms with van der Waals surface area (Å²) in [6.45, 7) is 0.751. The number of carbonyl (C=O) groups is 2. The molecule has 8 nitrogen and oxygen atoms in total. The monoisotopic (exact) mass is 580 g/mol. The summed E-state index contributed by atoms with van der Waals surface area (Å²) >= 11 is 0. The van der Waals surface area contributed by atoms with E-state index in [0.717, 1.165) is 17.5 Å². The van der Waals surface area contributed by atoms with E-state index in [0.29, 0.717) is 35.2 Å². The molecule has 1 aromatic heterocycles. The highest BCUT2D eigenvalue weighted by molar-refractivity contribution is 6.03. The minimum atomic E-state index is -4.82. The topological polar surface area (TPSA) is 128 Å². The van der Waals surface area contributed by atoms with Crippen molar-refractivity contribution in [3.63, 3.8) is 0 Å². The van der Waals surface area contributed by atoms with Crippen LogP contribution >= 0.6 is 0 Å². The Morgan fingerprint density at radius 1 is 1.02 bits per heavy atom. The van der Waals surface area contributed by atoms with Gasteiger partial charge >= 0.3 is 6.18 Å². The molecule has 218 valence electrons. The average Bonchev–Trinajstić information content (AvgIpc) is 3.68. The van der Waals surface area contributed by atoms with Crippen molar-refractivity contribution in [1.82, 2.24) is 15.1 Å². The second kappa shape index (κ2) is 11.7. The summed E-state index contributed by atoms with van der Waals surface area (Å²) in [6, 6.07) is 17.1. The number of halogens is 4. The molecule has 0 aliphatic heterocycles. The summed E-state index contributed by atoms with van der Waals surface area (Å²) in [4.78, 5) is 24.9. The molecule has 1 fully saturated rings. The molecular formula is C30H28F4N6O2. The summed E-state index contributed by atoms with van der Waals surface area (Å²) in [5, 5.41) is 9.40. The molecule has 12 heteroatoms. The number of nitrogens with two attached hydrogens (primary N) is 2. The minimum Gasteiger partial charge on any atom is -0.366 e. The second-order valence-electron chi connectivity index (χ2n) is 10.1. The van der Waals surface area contributed by atoms with Gasteiger partial charge in [0.05, 0.1) is 17.4 Å². The predicted molar refractivity (Wildman–Crippen MR) is 148 cm³/mol. The maximum Gasteiger partial charge on any atom is 0.435 e. The number of amides is 2. The van der Waals surface area contributed by atoms with Crippen molar-refractivity contribution in [3.05, 3.63) is 112 Å². The van der Waals surface area contributed by atoms with E-state index in [1.165, 1.54) is 18.2 Å². The SMILES string of the molecule is NCc1cccc(-n2nc(C(F)(F)F)cc2C(=O)Nc2cccc([C@@H](NCC3CC3)c3ccc(C(N)=O)cc3)c2F)c1. The smallest absolute Gasteiger partial charge is 0.366 e. The van der Waals surface area contributed by atoms with E-state index in [-0.39, 0.29) is 23.5 Å². The highest BCUT2D eigenvalue weighted by atomic mass is 19.4. The zero-order valence-electron chi connectivity index (χ0n) is 22.3. The molecule has 0 bridgehead atoms. The van der Waals surface area contributed by atoms with Gasteiger partial charge in [-0.15, -0.1) is 0 Å². The maximum absolute atomic E-state index is 16.0. The molecule has 1 atom stereocenters. The number of rotatable bonds is 10. The van der Waals surface area contributed by atoms with Crippen molar-refractivity contribution in [2.45, 2.75) is 31.6 Å². The van der Waals surface area contributed by atoms with Crippen molar-refractivity contribution in [1.29, 1.82) is 0 Å². The van der Waals surface area contributed by atoms with E-state index in [1.54, 1.807) is 48.5 Å². The molecule has 0 spiro atoms. The normalized spacial score (nSPS) is 14.0. The number of carbonyl (C=O) groups excluding carboxylic acids is 2. The zero-order valence-corrected chi connectivity index (χ0v) is 22.3. The quantitative estimate of drug-likeness (QED) is 0.198. The fraction of sp³-hybridized carbons (Fsp3) is 0.233. The number of nitrogens with one attached hydrogen (secondary N) is 2. The van der Waals surface area contributed by atoms with Crippen molar-refractivity contribution in [3.8, 4) is 5.69 Å². The molecule has 42 heavy (non-hydrogen) atoms. The Bertz CT molecular complexity index is 1610. The van der Waals surface area contributed by atoms with Crippen LogP contribution in [0.4, 0.5) is 23.2 Å². The van der Waals surface area contributed by atoms with Crippen LogP contribution in [0.1, 0.15) is 62.1 Å². The van der Waals surface area contributed by atoms with Crippen molar-refractivity contribution < 1.29 is 27.2 Å². The van der Waals surface area contributed by atoms with Crippen LogP contribution in [-0.4, -0.2) is 28.1 Å². The number of primary amides is 1. The first-order chi connectivity index (χ1) is 20.0. The highest BCUT2D eigenvalue weighted by Crippen LogP contribution is 2.33. The molecule has 0 saturated heterocycles. The van der Waals surface area contributed by atoms with Crippen LogP contribution in [0, 0.1) is 11.7 Å². The molecule has 5 rings (SSSR count). The van der Waals surface area contributed by atoms with Crippen LogP contribution in [0.2, 0.25) is 0 Å². The van der Waals surface area contributed by atoms with Crippen molar-refractivity contribution in [2.24, 2.45) is 17.4 Å². The number of hydrogen-bond donors (Lipinski definition) is 4. The fourth-order valence-electron chi connectivity index (χ4n) is 4.60. The first-order valence-corrected chi connectivity index (χ1v) is 13.2. The third-order valence-corrected chi connectivity index (χ3v) is 7.05. The van der Waals surface area contributed by atoms with E-state index in [4.69, 9.17) is 11.5 Å². The molecule has 1 aliphatic rings. The van der Waals surface area contributed by atoms with Gasteiger partial charge in [-0.05, 0) is 66.8 Å². The molecule has 1 aliphatic carbocycles. The van der Waals surface area contributed by atoms with Crippen LogP contribution < -0.4 is 22.1 Å². The standard InChI is InChI=1S/C30H28F4N6O2/c31-26-22(27(37-16-17-7-8-17)19-9-11-20(12-10-19)28(36)41)5-2-6-23(26)38-29(42)24-14-25(30(32,33)34)39-40(24)21-4-1-3-18(13-21)15-35/h1-6,9-14,17,27,37H,7-8,15-16,35H2,(H2,36,41)(H,38,42)/t27-/m0/s1. The van der Waals surface area contributed by atoms with Gasteiger partial charge < -0.3 is 22.1 Å². The number of aromatic nitrogens is 2. The summed E-state index contributed by atoms with van der Waals surface area (Å²) < 4.78 is 57.6. The third kappa shape index (κ3) is 6.34. The number of anilines is 1. The van der Waals surface area contributed by atoms with Crippen LogP contribution in [0.3, 0.4) is 0 Å². The Kier molecular flexibility index (Phi) is 8.10. The molecule has 0 radical (unpaired) electrons. The highest BCUT2D eigenvalue weighted by Gasteiger charge is 2.36. The van der Waals surface area contributed by atoms with E-state index in [9.17, 15) is 22.8 Å². The molecule has 4 aromatic rings. The van der Waals surface area contributed by atoms with Gasteiger partial charge in [-0.25, -0.2) is 9.07 Å². The van der Waals surface area contributed by atoms with E-state index in [1.807, 2.05) is 0 Å². The molecule has 2 amide bonds. The number of nitrogens with zero attached hydrogens (tertiary/aromatic N) is 2. The van der Waals surface area contributed by atoms with E-state index >= 15 is 4.39 Å². The zero-order chi connectivity index (χ0) is 30.0. The average molecular weight is 581 g/mol. The largest absolute Gasteiger partial charge is 0.435 e. The summed E-state index contributed by atoms with van der Waals surface area (Å²) in [7, 11) is 0. The third-order valence-electron chi connectivity index (χ3n) is 7.05. The van der Waals surface area contributed by atoms with Gasteiger partial charge in [0.2, 0.25) is 5.91 Å². The van der Waals surface area contributed by atoms with Crippen LogP contribution in [-0.2, 0) is 12.7 Å². The lowest BCUT2D eigenvalue weighted by molar-refractivity contribution is -0.141. The van der Waals surface area contributed by atoms with Gasteiger partial charge in [0, 0.05) is 23.7 Å². The van der Waals surface area contributed by atoms with E-state index < -0.39 is 41.2 Å². The van der Waals surface area contributed by atoms with Gasteiger partial charge in [-0.3, -0.25) is 9.59 Å². The Morgan fingerprint density at radius 3 is 2.38 bits per heavy atom. The molecular weight excluding hydrogens is 552 g/mol. The van der Waals surface area contributed by atoms with Gasteiger partial charge in [0.15, 0.2) is 11.5 Å². The van der Waals surface area contributed by atoms with Gasteiger partial charge in [-0.2, -0.15) is 18.3 Å². The first kappa shape index (κ1) is 29.0. The molecule has 6 N–H and O–H groups in total. The molecule has 3 aromatic carbocycles. The minimum absolute atomic E-state index is 0.127. The van der Waals surface area contributed by atoms with Crippen molar-refractivity contribution in [2.75, 3.05) is 11.9 Å². The molecule has 1 heterocycles. The van der Waals surface area contributed by atoms with E-state index in [2.05, 4.69) is 15.7 Å². The Balaban J connectivity index is 1.49. The second-order valence-corrected chi connectivity index (χ2v) is 10.1. The Morgan fingerprint density at radius 2 is 1.74 bits per heavy atom. The number of alkyl halides is 3. The maximum atomic E-state index is 16.0. The summed E-state index contributed by atoms with van der Waals surface area (Å²) in [6.07, 6.45) is -2.71. The predicted octanol–water partition coefficient (Wildman–Crippen LogP) is 4.93. The number of hydrogen-bond acceptors (Lipinski definition) is 5.